The van der Waals surface area contributed by atoms with Crippen molar-refractivity contribution in [2.24, 2.45) is 4.99 Å². The van der Waals surface area contributed by atoms with E-state index in [2.05, 4.69) is 9.62 Å². The van der Waals surface area contributed by atoms with Crippen LogP contribution in [0, 0.1) is 0 Å². The van der Waals surface area contributed by atoms with Crippen molar-refractivity contribution >= 4 is 39.1 Å². The molecule has 8 heteroatoms. The second-order valence-electron chi connectivity index (χ2n) is 6.84. The van der Waals surface area contributed by atoms with Crippen LogP contribution in [-0.2, 0) is 16.6 Å². The van der Waals surface area contributed by atoms with Crippen LogP contribution in [0.5, 0.6) is 0 Å². The van der Waals surface area contributed by atoms with Gasteiger partial charge in [0.05, 0.1) is 21.0 Å². The van der Waals surface area contributed by atoms with E-state index in [4.69, 9.17) is 28.2 Å². The van der Waals surface area contributed by atoms with Crippen molar-refractivity contribution in [3.05, 3.63) is 63.6 Å². The lowest BCUT2D eigenvalue weighted by molar-refractivity contribution is 0.206. The highest BCUT2D eigenvalue weighted by Crippen LogP contribution is 2.26. The van der Waals surface area contributed by atoms with Gasteiger partial charge in [-0.05, 0) is 42.7 Å². The molecule has 0 unspecified atom stereocenters. The number of sulfonamides is 1. The van der Waals surface area contributed by atoms with Gasteiger partial charge in [-0.2, -0.15) is 0 Å². The molecular formula is C19H19Cl2N3O2S. The quantitative estimate of drug-likeness (QED) is 0.818. The molecule has 2 heterocycles. The number of nitrogens with zero attached hydrogens (tertiary/aromatic N) is 2. The molecule has 1 saturated heterocycles. The van der Waals surface area contributed by atoms with Crippen LogP contribution in [-0.4, -0.2) is 38.3 Å². The molecule has 0 aromatic heterocycles. The van der Waals surface area contributed by atoms with Crippen LogP contribution in [0.2, 0.25) is 10.0 Å². The number of likely N-dealkylation sites (tertiary alicyclic amines) is 1. The molecule has 0 atom stereocenters. The number of fused-ring (bicyclic) bond motifs is 1. The number of piperidine rings is 1. The lowest BCUT2D eigenvalue weighted by atomic mass is 10.0. The molecule has 0 radical (unpaired) electrons. The van der Waals surface area contributed by atoms with Crippen molar-refractivity contribution in [2.75, 3.05) is 13.1 Å². The van der Waals surface area contributed by atoms with E-state index in [1.165, 1.54) is 0 Å². The molecule has 27 heavy (non-hydrogen) atoms. The summed E-state index contributed by atoms with van der Waals surface area (Å²) in [6.45, 7) is 2.61. The molecule has 5 nitrogen and oxygen atoms in total. The van der Waals surface area contributed by atoms with Crippen molar-refractivity contribution in [2.45, 2.75) is 30.3 Å². The highest BCUT2D eigenvalue weighted by atomic mass is 35.5. The summed E-state index contributed by atoms with van der Waals surface area (Å²) >= 11 is 12.1. The van der Waals surface area contributed by atoms with E-state index in [0.717, 1.165) is 38.0 Å². The van der Waals surface area contributed by atoms with Gasteiger partial charge in [0.15, 0.2) is 0 Å². The van der Waals surface area contributed by atoms with E-state index in [1.807, 2.05) is 24.3 Å². The average molecular weight is 424 g/mol. The number of halogens is 2. The molecule has 0 bridgehead atoms. The SMILES string of the molecule is O=S1(=O)NC(=NC2CCN(Cc3ccc(Cl)c(Cl)c3)CC2)c2ccccc21. The fraction of sp³-hybridized carbons (Fsp3) is 0.316. The minimum atomic E-state index is -3.48. The van der Waals surface area contributed by atoms with E-state index in [0.29, 0.717) is 26.3 Å². The number of hydrogen-bond donors (Lipinski definition) is 1. The first-order chi connectivity index (χ1) is 12.9. The number of rotatable bonds is 3. The lowest BCUT2D eigenvalue weighted by Crippen LogP contribution is -2.36. The van der Waals surface area contributed by atoms with Crippen LogP contribution in [0.4, 0.5) is 0 Å². The van der Waals surface area contributed by atoms with Gasteiger partial charge in [-0.15, -0.1) is 0 Å². The highest BCUT2D eigenvalue weighted by molar-refractivity contribution is 7.90. The van der Waals surface area contributed by atoms with Gasteiger partial charge < -0.3 is 0 Å². The molecule has 1 fully saturated rings. The molecule has 4 rings (SSSR count). The Morgan fingerprint density at radius 2 is 1.81 bits per heavy atom. The summed E-state index contributed by atoms with van der Waals surface area (Å²) in [5.74, 6) is 0.466. The van der Waals surface area contributed by atoms with Crippen molar-refractivity contribution in [1.29, 1.82) is 0 Å². The first kappa shape index (κ1) is 18.7. The molecule has 2 aliphatic rings. The highest BCUT2D eigenvalue weighted by Gasteiger charge is 2.31. The summed E-state index contributed by atoms with van der Waals surface area (Å²) in [6, 6.07) is 12.8. The molecule has 2 aliphatic heterocycles. The summed E-state index contributed by atoms with van der Waals surface area (Å²) in [5, 5.41) is 1.14. The van der Waals surface area contributed by atoms with Gasteiger partial charge >= 0.3 is 0 Å². The van der Waals surface area contributed by atoms with E-state index >= 15 is 0 Å². The molecule has 0 spiro atoms. The third-order valence-corrected chi connectivity index (χ3v) is 7.06. The van der Waals surface area contributed by atoms with Crippen LogP contribution < -0.4 is 4.72 Å². The van der Waals surface area contributed by atoms with Crippen LogP contribution in [0.3, 0.4) is 0 Å². The summed E-state index contributed by atoms with van der Waals surface area (Å²) in [5.41, 5.74) is 1.79. The zero-order valence-electron chi connectivity index (χ0n) is 14.5. The van der Waals surface area contributed by atoms with Gasteiger partial charge in [0, 0.05) is 25.2 Å². The molecule has 2 aromatic rings. The normalized spacial score (nSPS) is 21.2. The average Bonchev–Trinajstić information content (AvgIpc) is 2.91. The van der Waals surface area contributed by atoms with Gasteiger partial charge in [0.25, 0.3) is 10.0 Å². The Morgan fingerprint density at radius 3 is 2.56 bits per heavy atom. The Balaban J connectivity index is 1.41. The van der Waals surface area contributed by atoms with Gasteiger partial charge in [-0.3, -0.25) is 14.6 Å². The number of hydrogen-bond acceptors (Lipinski definition) is 4. The predicted octanol–water partition coefficient (Wildman–Crippen LogP) is 3.70. The second-order valence-corrected chi connectivity index (χ2v) is 9.30. The first-order valence-corrected chi connectivity index (χ1v) is 11.0. The van der Waals surface area contributed by atoms with Crippen LogP contribution >= 0.6 is 23.2 Å². The fourth-order valence-electron chi connectivity index (χ4n) is 3.52. The summed E-state index contributed by atoms with van der Waals surface area (Å²) in [6.07, 6.45) is 1.77. The van der Waals surface area contributed by atoms with Gasteiger partial charge in [-0.25, -0.2) is 8.42 Å². The summed E-state index contributed by atoms with van der Waals surface area (Å²) in [7, 11) is -3.48. The molecule has 0 amide bonds. The van der Waals surface area contributed by atoms with Crippen molar-refractivity contribution < 1.29 is 8.42 Å². The topological polar surface area (TPSA) is 61.8 Å². The number of benzene rings is 2. The predicted molar refractivity (Wildman–Crippen MR) is 108 cm³/mol. The first-order valence-electron chi connectivity index (χ1n) is 8.79. The van der Waals surface area contributed by atoms with Gasteiger partial charge in [0.1, 0.15) is 5.84 Å². The lowest BCUT2D eigenvalue weighted by Gasteiger charge is -2.30. The zero-order valence-corrected chi connectivity index (χ0v) is 16.9. The maximum atomic E-state index is 12.2. The Hall–Kier alpha value is -1.60. The molecule has 1 N–H and O–H groups in total. The van der Waals surface area contributed by atoms with Gasteiger partial charge in [-0.1, -0.05) is 41.4 Å². The summed E-state index contributed by atoms with van der Waals surface area (Å²) in [4.78, 5) is 7.36. The molecule has 2 aromatic carbocycles. The van der Waals surface area contributed by atoms with E-state index in [-0.39, 0.29) is 6.04 Å². The second kappa shape index (κ2) is 7.43. The Bertz CT molecular complexity index is 1000. The van der Waals surface area contributed by atoms with Crippen LogP contribution in [0.15, 0.2) is 52.4 Å². The van der Waals surface area contributed by atoms with Crippen molar-refractivity contribution in [3.63, 3.8) is 0 Å². The number of aliphatic imine (C=N–C) groups is 1. The maximum Gasteiger partial charge on any atom is 0.263 e. The third-order valence-electron chi connectivity index (χ3n) is 4.92. The van der Waals surface area contributed by atoms with Crippen LogP contribution in [0.1, 0.15) is 24.0 Å². The number of amidine groups is 1. The maximum absolute atomic E-state index is 12.2. The minimum absolute atomic E-state index is 0.110. The largest absolute Gasteiger partial charge is 0.299 e. The standard InChI is InChI=1S/C19H19Cl2N3O2S/c20-16-6-5-13(11-17(16)21)12-24-9-7-14(8-10-24)22-19-15-3-1-2-4-18(15)27(25,26)23-19/h1-6,11,14H,7-10,12H2,(H,22,23). The van der Waals surface area contributed by atoms with Crippen LogP contribution in [0.25, 0.3) is 0 Å². The Labute approximate surface area is 169 Å². The van der Waals surface area contributed by atoms with E-state index < -0.39 is 10.0 Å². The molecular weight excluding hydrogens is 405 g/mol. The van der Waals surface area contributed by atoms with Crippen molar-refractivity contribution in [3.8, 4) is 0 Å². The van der Waals surface area contributed by atoms with Crippen molar-refractivity contribution in [1.82, 2.24) is 9.62 Å². The monoisotopic (exact) mass is 423 g/mol. The van der Waals surface area contributed by atoms with E-state index in [9.17, 15) is 8.42 Å². The molecule has 0 aliphatic carbocycles. The fourth-order valence-corrected chi connectivity index (χ4v) is 5.07. The number of nitrogens with one attached hydrogen (secondary N) is 1. The summed E-state index contributed by atoms with van der Waals surface area (Å²) < 4.78 is 27.0. The third kappa shape index (κ3) is 3.99. The zero-order chi connectivity index (χ0) is 19.0. The van der Waals surface area contributed by atoms with Gasteiger partial charge in [0.2, 0.25) is 0 Å². The Kier molecular flexibility index (Phi) is 5.16. The minimum Gasteiger partial charge on any atom is -0.299 e. The van der Waals surface area contributed by atoms with E-state index in [1.54, 1.807) is 18.2 Å². The smallest absolute Gasteiger partial charge is 0.263 e. The molecule has 0 saturated carbocycles. The molecule has 142 valence electrons. The Morgan fingerprint density at radius 1 is 1.07 bits per heavy atom.